The number of nitrogens with zero attached hydrogens (tertiary/aromatic N) is 2. The number of fused-ring (bicyclic) bond motifs is 3. The van der Waals surface area contributed by atoms with E-state index >= 15 is 0 Å². The van der Waals surface area contributed by atoms with Crippen LogP contribution in [-0.2, 0) is 19.5 Å². The molecule has 6 nitrogen and oxygen atoms in total. The second-order valence-corrected chi connectivity index (χ2v) is 11.7. The summed E-state index contributed by atoms with van der Waals surface area (Å²) in [6, 6.07) is 26.1. The van der Waals surface area contributed by atoms with Crippen LogP contribution in [0.2, 0.25) is 0 Å². The molecular weight excluding hydrogens is 526 g/mol. The van der Waals surface area contributed by atoms with Crippen LogP contribution in [0.15, 0.2) is 83.3 Å². The van der Waals surface area contributed by atoms with E-state index in [9.17, 15) is 4.79 Å². The molecule has 6 aromatic rings. The van der Waals surface area contributed by atoms with Gasteiger partial charge in [0.2, 0.25) is 0 Å². The maximum Gasteiger partial charge on any atom is 0.292 e. The van der Waals surface area contributed by atoms with Crippen LogP contribution in [0.4, 0.5) is 5.00 Å². The number of benzene rings is 3. The van der Waals surface area contributed by atoms with Crippen LogP contribution in [0.1, 0.15) is 26.6 Å². The smallest absolute Gasteiger partial charge is 0.292 e. The molecule has 0 bridgehead atoms. The normalized spacial score (nSPS) is 13.6. The predicted octanol–water partition coefficient (Wildman–Crippen LogP) is 7.59. The van der Waals surface area contributed by atoms with Crippen molar-refractivity contribution in [2.75, 3.05) is 19.0 Å². The van der Waals surface area contributed by atoms with Crippen molar-refractivity contribution in [3.63, 3.8) is 0 Å². The number of hydrogen-bond donors (Lipinski definition) is 1. The van der Waals surface area contributed by atoms with E-state index in [0.717, 1.165) is 57.2 Å². The molecule has 1 aliphatic rings. The van der Waals surface area contributed by atoms with Gasteiger partial charge in [-0.15, -0.1) is 22.7 Å². The number of furan rings is 1. The first-order valence-corrected chi connectivity index (χ1v) is 14.4. The van der Waals surface area contributed by atoms with Crippen LogP contribution in [0.5, 0.6) is 5.75 Å². The van der Waals surface area contributed by atoms with Crippen molar-refractivity contribution in [2.45, 2.75) is 19.5 Å². The van der Waals surface area contributed by atoms with Gasteiger partial charge in [0, 0.05) is 35.5 Å². The molecule has 4 heterocycles. The minimum Gasteiger partial charge on any atom is -0.493 e. The third kappa shape index (κ3) is 4.50. The lowest BCUT2D eigenvalue weighted by molar-refractivity contribution is 0.0999. The molecule has 0 fully saturated rings. The van der Waals surface area contributed by atoms with E-state index < -0.39 is 0 Å². The maximum absolute atomic E-state index is 13.5. The van der Waals surface area contributed by atoms with Crippen LogP contribution in [0.25, 0.3) is 31.8 Å². The number of hydrogen-bond acceptors (Lipinski definition) is 7. The van der Waals surface area contributed by atoms with Crippen molar-refractivity contribution in [3.8, 4) is 16.3 Å². The van der Waals surface area contributed by atoms with Gasteiger partial charge in [-0.1, -0.05) is 54.6 Å². The number of para-hydroxylation sites is 2. The Morgan fingerprint density at radius 3 is 2.74 bits per heavy atom. The van der Waals surface area contributed by atoms with Gasteiger partial charge < -0.3 is 14.5 Å². The molecule has 3 aromatic heterocycles. The first kappa shape index (κ1) is 24.1. The van der Waals surface area contributed by atoms with Crippen molar-refractivity contribution >= 4 is 54.8 Å². The van der Waals surface area contributed by atoms with E-state index in [2.05, 4.69) is 46.6 Å². The van der Waals surface area contributed by atoms with E-state index in [1.807, 2.05) is 36.4 Å². The molecule has 1 amide bonds. The molecular formula is C31H25N3O3S2. The molecule has 8 heteroatoms. The van der Waals surface area contributed by atoms with E-state index in [0.29, 0.717) is 11.3 Å². The lowest BCUT2D eigenvalue weighted by Crippen LogP contribution is -2.29. The number of thiazole rings is 1. The number of anilines is 1. The van der Waals surface area contributed by atoms with Crippen molar-refractivity contribution < 1.29 is 13.9 Å². The standard InChI is InChI=1S/C31H25N3O3S2/c1-36-23-12-7-10-20-16-24(37-28(20)23)29(35)33-31-27(30-32-22-11-5-6-13-25(22)38-30)21-14-15-34(18-26(21)39-31)17-19-8-3-2-4-9-19/h2-13,16H,14-15,17-18H2,1H3,(H,33,35). The Labute approximate surface area is 233 Å². The minimum absolute atomic E-state index is 0.252. The quantitative estimate of drug-likeness (QED) is 0.231. The number of thiophene rings is 1. The Bertz CT molecular complexity index is 1790. The van der Waals surface area contributed by atoms with Gasteiger partial charge in [-0.3, -0.25) is 9.69 Å². The molecule has 0 saturated heterocycles. The summed E-state index contributed by atoms with van der Waals surface area (Å²) in [5.74, 6) is 0.573. The summed E-state index contributed by atoms with van der Waals surface area (Å²) in [6.07, 6.45) is 0.904. The van der Waals surface area contributed by atoms with E-state index in [1.54, 1.807) is 35.8 Å². The highest BCUT2D eigenvalue weighted by Crippen LogP contribution is 2.46. The fourth-order valence-electron chi connectivity index (χ4n) is 5.20. The monoisotopic (exact) mass is 551 g/mol. The lowest BCUT2D eigenvalue weighted by atomic mass is 10.0. The molecule has 0 unspecified atom stereocenters. The molecule has 0 atom stereocenters. The Morgan fingerprint density at radius 2 is 1.90 bits per heavy atom. The molecule has 1 aliphatic heterocycles. The van der Waals surface area contributed by atoms with E-state index in [1.165, 1.54) is 16.0 Å². The van der Waals surface area contributed by atoms with Crippen molar-refractivity contribution in [2.24, 2.45) is 0 Å². The van der Waals surface area contributed by atoms with Gasteiger partial charge in [0.1, 0.15) is 10.0 Å². The number of amides is 1. The molecule has 1 N–H and O–H groups in total. The largest absolute Gasteiger partial charge is 0.493 e. The number of nitrogens with one attached hydrogen (secondary N) is 1. The summed E-state index contributed by atoms with van der Waals surface area (Å²) in [7, 11) is 1.60. The number of aromatic nitrogens is 1. The van der Waals surface area contributed by atoms with Crippen molar-refractivity contribution in [1.82, 2.24) is 9.88 Å². The van der Waals surface area contributed by atoms with Crippen molar-refractivity contribution in [1.29, 1.82) is 0 Å². The van der Waals surface area contributed by atoms with Crippen LogP contribution in [0, 0.1) is 0 Å². The zero-order chi connectivity index (χ0) is 26.3. The maximum atomic E-state index is 13.5. The third-order valence-electron chi connectivity index (χ3n) is 7.07. The van der Waals surface area contributed by atoms with Crippen LogP contribution in [0.3, 0.4) is 0 Å². The van der Waals surface area contributed by atoms with Gasteiger partial charge in [-0.05, 0) is 41.8 Å². The van der Waals surface area contributed by atoms with Crippen LogP contribution >= 0.6 is 22.7 Å². The highest BCUT2D eigenvalue weighted by Gasteiger charge is 2.28. The number of carbonyl (C=O) groups excluding carboxylic acids is 1. The number of carbonyl (C=O) groups is 1. The van der Waals surface area contributed by atoms with Gasteiger partial charge in [0.25, 0.3) is 5.91 Å². The van der Waals surface area contributed by atoms with Crippen LogP contribution < -0.4 is 10.1 Å². The predicted molar refractivity (Wildman–Crippen MR) is 158 cm³/mol. The third-order valence-corrected chi connectivity index (χ3v) is 9.26. The molecule has 0 radical (unpaired) electrons. The number of methoxy groups -OCH3 is 1. The zero-order valence-electron chi connectivity index (χ0n) is 21.3. The second-order valence-electron chi connectivity index (χ2n) is 9.58. The summed E-state index contributed by atoms with van der Waals surface area (Å²) in [5, 5.41) is 5.76. The Hall–Kier alpha value is -3.98. The molecule has 3 aromatic carbocycles. The van der Waals surface area contributed by atoms with E-state index in [4.69, 9.17) is 14.1 Å². The van der Waals surface area contributed by atoms with Crippen LogP contribution in [-0.4, -0.2) is 29.4 Å². The summed E-state index contributed by atoms with van der Waals surface area (Å²) in [6.45, 7) is 2.69. The fourth-order valence-corrected chi connectivity index (χ4v) is 7.60. The summed E-state index contributed by atoms with van der Waals surface area (Å²) in [5.41, 5.74) is 5.17. The zero-order valence-corrected chi connectivity index (χ0v) is 22.9. The topological polar surface area (TPSA) is 67.6 Å². The lowest BCUT2D eigenvalue weighted by Gasteiger charge is -2.27. The van der Waals surface area contributed by atoms with Gasteiger partial charge in [-0.25, -0.2) is 4.98 Å². The van der Waals surface area contributed by atoms with Gasteiger partial charge in [0.05, 0.1) is 17.3 Å². The fraction of sp³-hybridized carbons (Fsp3) is 0.161. The second kappa shape index (κ2) is 9.96. The minimum atomic E-state index is -0.282. The molecule has 39 heavy (non-hydrogen) atoms. The molecule has 7 rings (SSSR count). The molecule has 194 valence electrons. The molecule has 0 saturated carbocycles. The van der Waals surface area contributed by atoms with Gasteiger partial charge in [0.15, 0.2) is 17.1 Å². The average molecular weight is 552 g/mol. The summed E-state index contributed by atoms with van der Waals surface area (Å²) >= 11 is 3.31. The number of rotatable bonds is 6. The first-order valence-electron chi connectivity index (χ1n) is 12.8. The van der Waals surface area contributed by atoms with E-state index in [-0.39, 0.29) is 11.7 Å². The highest BCUT2D eigenvalue weighted by atomic mass is 32.1. The van der Waals surface area contributed by atoms with Gasteiger partial charge in [-0.2, -0.15) is 0 Å². The first-order chi connectivity index (χ1) is 19.2. The SMILES string of the molecule is COc1cccc2cc(C(=O)Nc3sc4c(c3-c3nc5ccccc5s3)CCN(Cc3ccccc3)C4)oc12. The summed E-state index contributed by atoms with van der Waals surface area (Å²) in [4.78, 5) is 22.2. The van der Waals surface area contributed by atoms with Crippen molar-refractivity contribution in [3.05, 3.63) is 101 Å². The summed E-state index contributed by atoms with van der Waals surface area (Å²) < 4.78 is 12.5. The molecule has 0 aliphatic carbocycles. The Kier molecular flexibility index (Phi) is 6.15. The number of ether oxygens (including phenoxy) is 1. The molecule has 0 spiro atoms. The Morgan fingerprint density at radius 1 is 1.05 bits per heavy atom. The highest BCUT2D eigenvalue weighted by molar-refractivity contribution is 7.23. The average Bonchev–Trinajstić information content (AvgIpc) is 3.67. The van der Waals surface area contributed by atoms with Gasteiger partial charge >= 0.3 is 0 Å². The Balaban J connectivity index is 1.25.